The number of nitrogens with one attached hydrogen (secondary N) is 1. The Bertz CT molecular complexity index is 453. The van der Waals surface area contributed by atoms with Gasteiger partial charge in [0, 0.05) is 45.3 Å². The number of hydrogen-bond acceptors (Lipinski definition) is 7. The van der Waals surface area contributed by atoms with Crippen LogP contribution in [0.5, 0.6) is 0 Å². The fraction of sp³-hybridized carbons (Fsp3) is 0.636. The third kappa shape index (κ3) is 2.49. The maximum atomic E-state index is 10.5. The van der Waals surface area contributed by atoms with Crippen molar-refractivity contribution in [3.63, 3.8) is 0 Å². The first-order valence-corrected chi connectivity index (χ1v) is 6.40. The average Bonchev–Trinajstić information content (AvgIpc) is 2.39. The van der Waals surface area contributed by atoms with E-state index in [0.717, 1.165) is 39.3 Å². The van der Waals surface area contributed by atoms with Crippen LogP contribution in [0.15, 0.2) is 12.4 Å². The fourth-order valence-electron chi connectivity index (χ4n) is 2.47. The summed E-state index contributed by atoms with van der Waals surface area (Å²) in [6, 6.07) is 0.556. The topological polar surface area (TPSA) is 87.4 Å². The maximum Gasteiger partial charge on any atom is 0.305 e. The molecule has 0 spiro atoms. The minimum Gasteiger partial charge on any atom is -0.338 e. The van der Waals surface area contributed by atoms with Crippen molar-refractivity contribution in [2.24, 2.45) is 0 Å². The predicted molar refractivity (Wildman–Crippen MR) is 69.1 cm³/mol. The van der Waals surface area contributed by atoms with Crippen molar-refractivity contribution in [1.82, 2.24) is 20.2 Å². The van der Waals surface area contributed by atoms with E-state index < -0.39 is 4.92 Å². The summed E-state index contributed by atoms with van der Waals surface area (Å²) in [6.07, 6.45) is 2.53. The Morgan fingerprint density at radius 2 is 1.89 bits per heavy atom. The number of anilines is 1. The molecule has 1 aromatic heterocycles. The molecule has 1 aromatic rings. The van der Waals surface area contributed by atoms with Gasteiger partial charge in [-0.05, 0) is 0 Å². The van der Waals surface area contributed by atoms with E-state index >= 15 is 0 Å². The molecule has 2 fully saturated rings. The molecule has 0 aliphatic carbocycles. The Labute approximate surface area is 110 Å². The van der Waals surface area contributed by atoms with Crippen molar-refractivity contribution in [2.45, 2.75) is 6.04 Å². The lowest BCUT2D eigenvalue weighted by molar-refractivity contribution is -0.385. The standard InChI is InChI=1S/C11H16N6O2/c18-17(19)9-5-13-11(14-6-9)16-7-10(8-16)15-3-1-12-2-4-15/h5-6,10,12H,1-4,7-8H2. The molecule has 2 saturated heterocycles. The summed E-state index contributed by atoms with van der Waals surface area (Å²) in [6.45, 7) is 6.06. The van der Waals surface area contributed by atoms with E-state index in [9.17, 15) is 10.1 Å². The highest BCUT2D eigenvalue weighted by Gasteiger charge is 2.33. The van der Waals surface area contributed by atoms with Crippen LogP contribution in [0, 0.1) is 10.1 Å². The van der Waals surface area contributed by atoms with E-state index in [1.165, 1.54) is 12.4 Å². The molecule has 0 bridgehead atoms. The Kier molecular flexibility index (Phi) is 3.26. The second-order valence-corrected chi connectivity index (χ2v) is 4.84. The SMILES string of the molecule is O=[N+]([O-])c1cnc(N2CC(N3CCNCC3)C2)nc1. The van der Waals surface area contributed by atoms with Crippen molar-refractivity contribution in [3.8, 4) is 0 Å². The molecule has 0 aromatic carbocycles. The second-order valence-electron chi connectivity index (χ2n) is 4.84. The molecule has 0 unspecified atom stereocenters. The minimum absolute atomic E-state index is 0.0667. The van der Waals surface area contributed by atoms with Crippen LogP contribution in [-0.2, 0) is 0 Å². The number of hydrogen-bond donors (Lipinski definition) is 1. The molecule has 0 saturated carbocycles. The number of piperazine rings is 1. The lowest BCUT2D eigenvalue weighted by Gasteiger charge is -2.46. The van der Waals surface area contributed by atoms with Crippen LogP contribution in [-0.4, -0.2) is 65.1 Å². The summed E-state index contributed by atoms with van der Waals surface area (Å²) in [7, 11) is 0. The Balaban J connectivity index is 1.56. The van der Waals surface area contributed by atoms with Crippen LogP contribution in [0.3, 0.4) is 0 Å². The molecule has 1 N–H and O–H groups in total. The summed E-state index contributed by atoms with van der Waals surface area (Å²) in [5.74, 6) is 0.581. The van der Waals surface area contributed by atoms with Crippen LogP contribution < -0.4 is 10.2 Å². The Hall–Kier alpha value is -1.80. The molecule has 19 heavy (non-hydrogen) atoms. The second kappa shape index (κ2) is 5.06. The zero-order chi connectivity index (χ0) is 13.2. The van der Waals surface area contributed by atoms with Gasteiger partial charge in [-0.25, -0.2) is 9.97 Å². The Morgan fingerprint density at radius 3 is 2.47 bits per heavy atom. The van der Waals surface area contributed by atoms with Gasteiger partial charge in [-0.15, -0.1) is 0 Å². The van der Waals surface area contributed by atoms with Gasteiger partial charge >= 0.3 is 5.69 Å². The molecule has 8 nitrogen and oxygen atoms in total. The third-order valence-electron chi connectivity index (χ3n) is 3.65. The first-order chi connectivity index (χ1) is 9.24. The van der Waals surface area contributed by atoms with Crippen molar-refractivity contribution < 1.29 is 4.92 Å². The van der Waals surface area contributed by atoms with Gasteiger partial charge in [-0.1, -0.05) is 0 Å². The molecule has 3 heterocycles. The lowest BCUT2D eigenvalue weighted by Crippen LogP contribution is -2.63. The van der Waals surface area contributed by atoms with E-state index in [-0.39, 0.29) is 5.69 Å². The predicted octanol–water partition coefficient (Wildman–Crippen LogP) is -0.521. The molecule has 102 valence electrons. The van der Waals surface area contributed by atoms with Gasteiger partial charge in [-0.2, -0.15) is 0 Å². The van der Waals surface area contributed by atoms with Crippen LogP contribution in [0.4, 0.5) is 11.6 Å². The van der Waals surface area contributed by atoms with Gasteiger partial charge in [0.25, 0.3) is 0 Å². The van der Waals surface area contributed by atoms with Crippen LogP contribution >= 0.6 is 0 Å². The summed E-state index contributed by atoms with van der Waals surface area (Å²) >= 11 is 0. The van der Waals surface area contributed by atoms with E-state index in [0.29, 0.717) is 12.0 Å². The summed E-state index contributed by atoms with van der Waals surface area (Å²) < 4.78 is 0. The first-order valence-electron chi connectivity index (χ1n) is 6.40. The number of nitro groups is 1. The largest absolute Gasteiger partial charge is 0.338 e. The number of nitrogens with zero attached hydrogens (tertiary/aromatic N) is 5. The monoisotopic (exact) mass is 264 g/mol. The van der Waals surface area contributed by atoms with Crippen molar-refractivity contribution in [2.75, 3.05) is 44.2 Å². The van der Waals surface area contributed by atoms with Gasteiger partial charge in [-0.3, -0.25) is 15.0 Å². The molecular weight excluding hydrogens is 248 g/mol. The molecule has 2 aliphatic rings. The minimum atomic E-state index is -0.483. The van der Waals surface area contributed by atoms with E-state index in [2.05, 4.69) is 25.1 Å². The van der Waals surface area contributed by atoms with Gasteiger partial charge in [0.15, 0.2) is 0 Å². The molecule has 3 rings (SSSR count). The summed E-state index contributed by atoms with van der Waals surface area (Å²) in [5.41, 5.74) is -0.0667. The molecular formula is C11H16N6O2. The molecule has 0 radical (unpaired) electrons. The highest BCUT2D eigenvalue weighted by atomic mass is 16.6. The molecule has 0 amide bonds. The fourth-order valence-corrected chi connectivity index (χ4v) is 2.47. The molecule has 8 heteroatoms. The van der Waals surface area contributed by atoms with Crippen LogP contribution in [0.1, 0.15) is 0 Å². The van der Waals surface area contributed by atoms with Gasteiger partial charge in [0.2, 0.25) is 5.95 Å². The van der Waals surface area contributed by atoms with Crippen molar-refractivity contribution in [1.29, 1.82) is 0 Å². The number of aromatic nitrogens is 2. The van der Waals surface area contributed by atoms with Gasteiger partial charge < -0.3 is 10.2 Å². The van der Waals surface area contributed by atoms with Gasteiger partial charge in [0.05, 0.1) is 4.92 Å². The Morgan fingerprint density at radius 1 is 1.26 bits per heavy atom. The molecule has 0 atom stereocenters. The van der Waals surface area contributed by atoms with Gasteiger partial charge in [0.1, 0.15) is 12.4 Å². The third-order valence-corrected chi connectivity index (χ3v) is 3.65. The van der Waals surface area contributed by atoms with E-state index in [1.807, 2.05) is 0 Å². The lowest BCUT2D eigenvalue weighted by atomic mass is 10.1. The quantitative estimate of drug-likeness (QED) is 0.580. The van der Waals surface area contributed by atoms with E-state index in [4.69, 9.17) is 0 Å². The zero-order valence-corrected chi connectivity index (χ0v) is 10.5. The van der Waals surface area contributed by atoms with Crippen molar-refractivity contribution >= 4 is 11.6 Å². The van der Waals surface area contributed by atoms with Crippen molar-refractivity contribution in [3.05, 3.63) is 22.5 Å². The van der Waals surface area contributed by atoms with Crippen LogP contribution in [0.25, 0.3) is 0 Å². The maximum absolute atomic E-state index is 10.5. The highest BCUT2D eigenvalue weighted by molar-refractivity contribution is 5.37. The average molecular weight is 264 g/mol. The van der Waals surface area contributed by atoms with E-state index in [1.54, 1.807) is 0 Å². The van der Waals surface area contributed by atoms with Crippen LogP contribution in [0.2, 0.25) is 0 Å². The highest BCUT2D eigenvalue weighted by Crippen LogP contribution is 2.21. The smallest absolute Gasteiger partial charge is 0.305 e. The first kappa shape index (κ1) is 12.2. The molecule has 2 aliphatic heterocycles. The summed E-state index contributed by atoms with van der Waals surface area (Å²) in [5, 5.41) is 13.9. The zero-order valence-electron chi connectivity index (χ0n) is 10.5. The summed E-state index contributed by atoms with van der Waals surface area (Å²) in [4.78, 5) is 22.7. The normalized spacial score (nSPS) is 21.2. The number of rotatable bonds is 3.